The third-order valence-corrected chi connectivity index (χ3v) is 5.92. The lowest BCUT2D eigenvalue weighted by atomic mass is 10.0. The molecule has 0 fully saturated rings. The molecule has 9 nitrogen and oxygen atoms in total. The highest BCUT2D eigenvalue weighted by Gasteiger charge is 2.27. The molecular formula is C26H33FN6O3. The van der Waals surface area contributed by atoms with Crippen LogP contribution in [0, 0.1) is 17.2 Å². The SMILES string of the molecule is CC(C)CC(O)C(C)Nc1cc(-n2ccc3cc(C#N)cnc32)ncc1C(=O)NCC(F)C(C)(C)O. The Balaban J connectivity index is 1.96. The van der Waals surface area contributed by atoms with E-state index < -0.39 is 29.8 Å². The van der Waals surface area contributed by atoms with Crippen LogP contribution in [0.5, 0.6) is 0 Å². The largest absolute Gasteiger partial charge is 0.391 e. The molecule has 0 aliphatic rings. The number of aromatic nitrogens is 3. The van der Waals surface area contributed by atoms with Crippen molar-refractivity contribution in [2.24, 2.45) is 5.92 Å². The first-order valence-electron chi connectivity index (χ1n) is 11.9. The molecule has 3 rings (SSSR count). The van der Waals surface area contributed by atoms with Gasteiger partial charge in [0.15, 0.2) is 0 Å². The zero-order valence-electron chi connectivity index (χ0n) is 21.2. The Hall–Kier alpha value is -3.55. The molecule has 3 unspecified atom stereocenters. The Bertz CT molecular complexity index is 1260. The Kier molecular flexibility index (Phi) is 8.28. The Labute approximate surface area is 210 Å². The molecule has 0 radical (unpaired) electrons. The van der Waals surface area contributed by atoms with Crippen LogP contribution in [-0.2, 0) is 0 Å². The van der Waals surface area contributed by atoms with E-state index in [1.807, 2.05) is 26.8 Å². The molecule has 0 aromatic carbocycles. The summed E-state index contributed by atoms with van der Waals surface area (Å²) >= 11 is 0. The molecule has 0 aliphatic carbocycles. The molecule has 1 amide bonds. The van der Waals surface area contributed by atoms with E-state index in [0.717, 1.165) is 5.39 Å². The lowest BCUT2D eigenvalue weighted by Gasteiger charge is -2.25. The van der Waals surface area contributed by atoms with Crippen LogP contribution in [0.3, 0.4) is 0 Å². The second-order valence-electron chi connectivity index (χ2n) is 9.98. The van der Waals surface area contributed by atoms with Crippen molar-refractivity contribution in [2.45, 2.75) is 65.0 Å². The minimum Gasteiger partial charge on any atom is -0.391 e. The van der Waals surface area contributed by atoms with Crippen molar-refractivity contribution in [1.82, 2.24) is 19.9 Å². The number of alkyl halides is 1. The highest BCUT2D eigenvalue weighted by molar-refractivity contribution is 5.99. The second kappa shape index (κ2) is 11.0. The van der Waals surface area contributed by atoms with E-state index in [4.69, 9.17) is 5.26 Å². The molecule has 0 saturated carbocycles. The Morgan fingerprint density at radius 1 is 1.25 bits per heavy atom. The van der Waals surface area contributed by atoms with Crippen molar-refractivity contribution in [1.29, 1.82) is 5.26 Å². The van der Waals surface area contributed by atoms with Crippen molar-refractivity contribution in [3.8, 4) is 11.9 Å². The van der Waals surface area contributed by atoms with Crippen molar-refractivity contribution < 1.29 is 19.4 Å². The van der Waals surface area contributed by atoms with Gasteiger partial charge in [-0.1, -0.05) is 13.8 Å². The smallest absolute Gasteiger partial charge is 0.255 e. The first kappa shape index (κ1) is 27.0. The number of carbonyl (C=O) groups excluding carboxylic acids is 1. The van der Waals surface area contributed by atoms with Crippen LogP contribution in [-0.4, -0.2) is 61.1 Å². The van der Waals surface area contributed by atoms with Gasteiger partial charge in [0.1, 0.15) is 23.7 Å². The molecule has 3 atom stereocenters. The van der Waals surface area contributed by atoms with Gasteiger partial charge in [-0.25, -0.2) is 14.4 Å². The average Bonchev–Trinajstić information content (AvgIpc) is 3.24. The highest BCUT2D eigenvalue weighted by atomic mass is 19.1. The number of rotatable bonds is 10. The van der Waals surface area contributed by atoms with E-state index in [-0.39, 0.29) is 18.0 Å². The molecule has 0 bridgehead atoms. The third kappa shape index (κ3) is 6.36. The summed E-state index contributed by atoms with van der Waals surface area (Å²) < 4.78 is 15.9. The molecule has 0 aliphatic heterocycles. The number of halogens is 1. The summed E-state index contributed by atoms with van der Waals surface area (Å²) in [6.45, 7) is 8.13. The summed E-state index contributed by atoms with van der Waals surface area (Å²) in [5, 5.41) is 36.0. The van der Waals surface area contributed by atoms with Crippen LogP contribution >= 0.6 is 0 Å². The number of hydrogen-bond acceptors (Lipinski definition) is 7. The van der Waals surface area contributed by atoms with Crippen molar-refractivity contribution in [3.63, 3.8) is 0 Å². The molecule has 10 heteroatoms. The summed E-state index contributed by atoms with van der Waals surface area (Å²) in [6, 6.07) is 6.87. The van der Waals surface area contributed by atoms with Gasteiger partial charge in [-0.05, 0) is 45.2 Å². The second-order valence-corrected chi connectivity index (χ2v) is 9.98. The zero-order chi connectivity index (χ0) is 26.6. The molecule has 4 N–H and O–H groups in total. The third-order valence-electron chi connectivity index (χ3n) is 5.92. The number of nitriles is 1. The number of aliphatic hydroxyl groups excluding tert-OH is 1. The molecule has 3 aromatic heterocycles. The van der Waals surface area contributed by atoms with Crippen LogP contribution < -0.4 is 10.6 Å². The van der Waals surface area contributed by atoms with E-state index in [1.54, 1.807) is 22.9 Å². The molecule has 36 heavy (non-hydrogen) atoms. The van der Waals surface area contributed by atoms with Gasteiger partial charge >= 0.3 is 0 Å². The van der Waals surface area contributed by atoms with Crippen molar-refractivity contribution in [3.05, 3.63) is 47.9 Å². The fourth-order valence-corrected chi connectivity index (χ4v) is 3.70. The minimum atomic E-state index is -1.66. The van der Waals surface area contributed by atoms with Crippen LogP contribution in [0.25, 0.3) is 16.9 Å². The van der Waals surface area contributed by atoms with Crippen LogP contribution in [0.4, 0.5) is 10.1 Å². The predicted molar refractivity (Wildman–Crippen MR) is 136 cm³/mol. The minimum absolute atomic E-state index is 0.168. The van der Waals surface area contributed by atoms with Crippen molar-refractivity contribution >= 4 is 22.6 Å². The lowest BCUT2D eigenvalue weighted by Crippen LogP contribution is -2.42. The monoisotopic (exact) mass is 496 g/mol. The first-order valence-corrected chi connectivity index (χ1v) is 11.9. The van der Waals surface area contributed by atoms with E-state index in [1.165, 1.54) is 26.2 Å². The van der Waals surface area contributed by atoms with Gasteiger partial charge in [-0.2, -0.15) is 5.26 Å². The summed E-state index contributed by atoms with van der Waals surface area (Å²) in [6.07, 6.45) is 2.85. The average molecular weight is 497 g/mol. The maximum atomic E-state index is 14.2. The number of anilines is 1. The highest BCUT2D eigenvalue weighted by Crippen LogP contribution is 2.24. The molecule has 0 saturated heterocycles. The number of nitrogens with one attached hydrogen (secondary N) is 2. The molecule has 3 heterocycles. The summed E-state index contributed by atoms with van der Waals surface area (Å²) in [7, 11) is 0. The number of carbonyl (C=O) groups is 1. The molecule has 3 aromatic rings. The quantitative estimate of drug-likeness (QED) is 0.338. The number of fused-ring (bicyclic) bond motifs is 1. The standard InChI is InChI=1S/C26H33FN6O3/c1-15(2)8-21(34)16(3)32-20-10-23(33-7-6-18-9-17(11-28)12-30-24(18)33)29-13-19(20)25(35)31-14-22(27)26(4,5)36/h6-7,9-10,12-13,15-16,21-22,34,36H,8,14H2,1-5H3,(H,29,32)(H,31,35). The number of hydrogen-bond donors (Lipinski definition) is 4. The fraction of sp³-hybridized carbons (Fsp3) is 0.462. The van der Waals surface area contributed by atoms with Gasteiger partial charge in [0.2, 0.25) is 0 Å². The van der Waals surface area contributed by atoms with Crippen molar-refractivity contribution in [2.75, 3.05) is 11.9 Å². The van der Waals surface area contributed by atoms with Gasteiger partial charge in [0.25, 0.3) is 5.91 Å². The van der Waals surface area contributed by atoms with Crippen LogP contribution in [0.15, 0.2) is 36.8 Å². The first-order chi connectivity index (χ1) is 16.9. The maximum Gasteiger partial charge on any atom is 0.255 e. The van der Waals surface area contributed by atoms with E-state index >= 15 is 0 Å². The van der Waals surface area contributed by atoms with Gasteiger partial charge in [-0.3, -0.25) is 9.36 Å². The molecular weight excluding hydrogens is 463 g/mol. The molecule has 192 valence electrons. The number of amides is 1. The summed E-state index contributed by atoms with van der Waals surface area (Å²) in [4.78, 5) is 21.7. The fourth-order valence-electron chi connectivity index (χ4n) is 3.70. The lowest BCUT2D eigenvalue weighted by molar-refractivity contribution is -0.00177. The van der Waals surface area contributed by atoms with Gasteiger partial charge < -0.3 is 20.8 Å². The normalized spacial score (nSPS) is 14.3. The van der Waals surface area contributed by atoms with Gasteiger partial charge in [-0.15, -0.1) is 0 Å². The number of aliphatic hydroxyl groups is 2. The van der Waals surface area contributed by atoms with E-state index in [2.05, 4.69) is 26.7 Å². The van der Waals surface area contributed by atoms with Gasteiger partial charge in [0.05, 0.1) is 35.1 Å². The topological polar surface area (TPSA) is 136 Å². The predicted octanol–water partition coefficient (Wildman–Crippen LogP) is 3.34. The maximum absolute atomic E-state index is 14.2. The van der Waals surface area contributed by atoms with Crippen LogP contribution in [0.2, 0.25) is 0 Å². The van der Waals surface area contributed by atoms with E-state index in [0.29, 0.717) is 29.1 Å². The van der Waals surface area contributed by atoms with Crippen LogP contribution in [0.1, 0.15) is 57.0 Å². The number of nitrogens with zero attached hydrogens (tertiary/aromatic N) is 4. The molecule has 0 spiro atoms. The number of pyridine rings is 2. The van der Waals surface area contributed by atoms with E-state index in [9.17, 15) is 19.4 Å². The summed E-state index contributed by atoms with van der Waals surface area (Å²) in [5.74, 6) is 0.175. The Morgan fingerprint density at radius 3 is 2.61 bits per heavy atom. The zero-order valence-corrected chi connectivity index (χ0v) is 21.2. The van der Waals surface area contributed by atoms with Gasteiger partial charge in [0, 0.05) is 36.1 Å². The Morgan fingerprint density at radius 2 is 1.97 bits per heavy atom. The summed E-state index contributed by atoms with van der Waals surface area (Å²) in [5.41, 5.74) is -0.000901.